The zero-order chi connectivity index (χ0) is 20.9. The minimum Gasteiger partial charge on any atom is -0.372 e. The molecule has 28 heavy (non-hydrogen) atoms. The lowest BCUT2D eigenvalue weighted by atomic mass is 9.98. The van der Waals surface area contributed by atoms with E-state index in [0.29, 0.717) is 12.1 Å². The summed E-state index contributed by atoms with van der Waals surface area (Å²) in [5.74, 6) is 0. The molecule has 0 N–H and O–H groups in total. The average Bonchev–Trinajstić information content (AvgIpc) is 2.59. The smallest absolute Gasteiger partial charge is 0.372 e. The van der Waals surface area contributed by atoms with Crippen molar-refractivity contribution < 1.29 is 31.1 Å². The maximum Gasteiger partial charge on any atom is 0.416 e. The van der Waals surface area contributed by atoms with Gasteiger partial charge in [0, 0.05) is 13.0 Å². The highest BCUT2D eigenvalue weighted by molar-refractivity contribution is 5.31. The molecule has 0 aliphatic rings. The number of ether oxygens (including phenoxy) is 1. The molecular formula is C20H21F6NO. The van der Waals surface area contributed by atoms with Crippen LogP contribution in [-0.2, 0) is 23.5 Å². The Morgan fingerprint density at radius 2 is 1.43 bits per heavy atom. The first kappa shape index (κ1) is 22.2. The number of benzene rings is 2. The van der Waals surface area contributed by atoms with Gasteiger partial charge < -0.3 is 9.64 Å². The average molecular weight is 405 g/mol. The Hall–Kier alpha value is -2.06. The van der Waals surface area contributed by atoms with Gasteiger partial charge in [-0.05, 0) is 43.4 Å². The van der Waals surface area contributed by atoms with Crippen molar-refractivity contribution in [2.75, 3.05) is 27.2 Å². The third kappa shape index (κ3) is 6.53. The van der Waals surface area contributed by atoms with Gasteiger partial charge in [0.05, 0.1) is 23.8 Å². The Kier molecular flexibility index (Phi) is 7.11. The molecule has 2 rings (SSSR count). The fraction of sp³-hybridized carbons (Fsp3) is 0.400. The molecule has 0 bridgehead atoms. The topological polar surface area (TPSA) is 12.5 Å². The number of hydrogen-bond donors (Lipinski definition) is 0. The highest BCUT2D eigenvalue weighted by Crippen LogP contribution is 2.34. The van der Waals surface area contributed by atoms with Crippen molar-refractivity contribution in [2.24, 2.45) is 0 Å². The van der Waals surface area contributed by atoms with Crippen molar-refractivity contribution in [2.45, 2.75) is 24.9 Å². The molecule has 0 amide bonds. The Morgan fingerprint density at radius 1 is 0.857 bits per heavy atom. The molecule has 0 aromatic heterocycles. The second kappa shape index (κ2) is 8.96. The number of alkyl halides is 6. The molecule has 2 nitrogen and oxygen atoms in total. The van der Waals surface area contributed by atoms with Crippen LogP contribution in [0.5, 0.6) is 0 Å². The van der Waals surface area contributed by atoms with Gasteiger partial charge in [0.1, 0.15) is 0 Å². The van der Waals surface area contributed by atoms with E-state index in [0.717, 1.165) is 24.3 Å². The first-order valence-corrected chi connectivity index (χ1v) is 8.56. The van der Waals surface area contributed by atoms with E-state index in [4.69, 9.17) is 4.74 Å². The Balaban J connectivity index is 2.30. The SMILES string of the molecule is CN(C)CCOC(Cc1cccc(C(F)(F)F)c1)c1cccc(C(F)(F)F)c1. The van der Waals surface area contributed by atoms with Gasteiger partial charge in [-0.15, -0.1) is 0 Å². The van der Waals surface area contributed by atoms with Crippen LogP contribution in [-0.4, -0.2) is 32.1 Å². The predicted octanol–water partition coefficient (Wildman–Crippen LogP) is 5.59. The molecule has 0 aliphatic carbocycles. The Labute approximate surface area is 159 Å². The normalized spacial score (nSPS) is 13.8. The van der Waals surface area contributed by atoms with Crippen LogP contribution in [0.3, 0.4) is 0 Å². The lowest BCUT2D eigenvalue weighted by molar-refractivity contribution is -0.138. The summed E-state index contributed by atoms with van der Waals surface area (Å²) >= 11 is 0. The van der Waals surface area contributed by atoms with Crippen molar-refractivity contribution in [3.63, 3.8) is 0 Å². The van der Waals surface area contributed by atoms with Crippen LogP contribution in [0.4, 0.5) is 26.3 Å². The molecular weight excluding hydrogens is 384 g/mol. The van der Waals surface area contributed by atoms with Crippen molar-refractivity contribution in [1.29, 1.82) is 0 Å². The molecule has 8 heteroatoms. The van der Waals surface area contributed by atoms with E-state index in [1.165, 1.54) is 24.3 Å². The van der Waals surface area contributed by atoms with Gasteiger partial charge in [-0.2, -0.15) is 26.3 Å². The highest BCUT2D eigenvalue weighted by Gasteiger charge is 2.32. The van der Waals surface area contributed by atoms with Gasteiger partial charge in [0.2, 0.25) is 0 Å². The van der Waals surface area contributed by atoms with E-state index in [-0.39, 0.29) is 18.6 Å². The van der Waals surface area contributed by atoms with E-state index < -0.39 is 29.6 Å². The van der Waals surface area contributed by atoms with E-state index in [2.05, 4.69) is 0 Å². The molecule has 0 spiro atoms. The molecule has 0 radical (unpaired) electrons. The minimum atomic E-state index is -4.51. The summed E-state index contributed by atoms with van der Waals surface area (Å²) < 4.78 is 83.7. The van der Waals surface area contributed by atoms with Crippen molar-refractivity contribution >= 4 is 0 Å². The van der Waals surface area contributed by atoms with Crippen LogP contribution in [0.25, 0.3) is 0 Å². The Bertz CT molecular complexity index is 770. The minimum absolute atomic E-state index is 0.0264. The van der Waals surface area contributed by atoms with E-state index in [9.17, 15) is 26.3 Å². The van der Waals surface area contributed by atoms with Gasteiger partial charge in [-0.1, -0.05) is 30.3 Å². The summed E-state index contributed by atoms with van der Waals surface area (Å²) in [6.07, 6.45) is -9.78. The molecule has 2 aromatic carbocycles. The summed E-state index contributed by atoms with van der Waals surface area (Å²) in [5.41, 5.74) is -1.02. The quantitative estimate of drug-likeness (QED) is 0.557. The monoisotopic (exact) mass is 405 g/mol. The Morgan fingerprint density at radius 3 is 2.00 bits per heavy atom. The second-order valence-corrected chi connectivity index (χ2v) is 6.69. The van der Waals surface area contributed by atoms with Crippen LogP contribution in [0.2, 0.25) is 0 Å². The summed E-state index contributed by atoms with van der Waals surface area (Å²) in [6.45, 7) is 0.755. The molecule has 154 valence electrons. The number of hydrogen-bond acceptors (Lipinski definition) is 2. The number of halogens is 6. The second-order valence-electron chi connectivity index (χ2n) is 6.69. The van der Waals surface area contributed by atoms with Gasteiger partial charge in [0.15, 0.2) is 0 Å². The van der Waals surface area contributed by atoms with Gasteiger partial charge in [-0.3, -0.25) is 0 Å². The molecule has 1 atom stereocenters. The molecule has 2 aromatic rings. The molecule has 0 aliphatic heterocycles. The predicted molar refractivity (Wildman–Crippen MR) is 93.8 cm³/mol. The summed E-state index contributed by atoms with van der Waals surface area (Å²) in [6, 6.07) is 9.42. The number of rotatable bonds is 7. The third-order valence-electron chi connectivity index (χ3n) is 4.12. The lowest BCUT2D eigenvalue weighted by Gasteiger charge is -2.21. The standard InChI is InChI=1S/C20H21F6NO/c1-27(2)9-10-28-18(15-6-4-8-17(13-15)20(24,25)26)12-14-5-3-7-16(11-14)19(21,22)23/h3-8,11,13,18H,9-10,12H2,1-2H3. The van der Waals surface area contributed by atoms with E-state index in [1.54, 1.807) is 0 Å². The molecule has 0 saturated heterocycles. The van der Waals surface area contributed by atoms with Crippen LogP contribution in [0, 0.1) is 0 Å². The third-order valence-corrected chi connectivity index (χ3v) is 4.12. The first-order valence-electron chi connectivity index (χ1n) is 8.56. The maximum absolute atomic E-state index is 13.0. The zero-order valence-electron chi connectivity index (χ0n) is 15.4. The van der Waals surface area contributed by atoms with E-state index >= 15 is 0 Å². The maximum atomic E-state index is 13.0. The number of nitrogens with zero attached hydrogens (tertiary/aromatic N) is 1. The molecule has 0 saturated carbocycles. The zero-order valence-corrected chi connectivity index (χ0v) is 15.4. The first-order chi connectivity index (χ1) is 13.0. The molecule has 0 heterocycles. The van der Waals surface area contributed by atoms with Crippen LogP contribution in [0.1, 0.15) is 28.4 Å². The van der Waals surface area contributed by atoms with Crippen molar-refractivity contribution in [3.05, 3.63) is 70.8 Å². The van der Waals surface area contributed by atoms with Gasteiger partial charge in [0.25, 0.3) is 0 Å². The van der Waals surface area contributed by atoms with Gasteiger partial charge >= 0.3 is 12.4 Å². The van der Waals surface area contributed by atoms with Crippen LogP contribution < -0.4 is 0 Å². The largest absolute Gasteiger partial charge is 0.416 e. The van der Waals surface area contributed by atoms with Crippen molar-refractivity contribution in [1.82, 2.24) is 4.90 Å². The molecule has 0 fully saturated rings. The summed E-state index contributed by atoms with van der Waals surface area (Å²) in [5, 5.41) is 0. The fourth-order valence-corrected chi connectivity index (χ4v) is 2.65. The highest BCUT2D eigenvalue weighted by atomic mass is 19.4. The number of likely N-dealkylation sites (N-methyl/N-ethyl adjacent to an activating group) is 1. The fourth-order valence-electron chi connectivity index (χ4n) is 2.65. The van der Waals surface area contributed by atoms with Crippen LogP contribution >= 0.6 is 0 Å². The van der Waals surface area contributed by atoms with E-state index in [1.807, 2.05) is 19.0 Å². The van der Waals surface area contributed by atoms with Gasteiger partial charge in [-0.25, -0.2) is 0 Å². The summed E-state index contributed by atoms with van der Waals surface area (Å²) in [7, 11) is 3.63. The molecule has 1 unspecified atom stereocenters. The van der Waals surface area contributed by atoms with Crippen molar-refractivity contribution in [3.8, 4) is 0 Å². The summed E-state index contributed by atoms with van der Waals surface area (Å²) in [4.78, 5) is 1.84. The lowest BCUT2D eigenvalue weighted by Crippen LogP contribution is -2.20. The van der Waals surface area contributed by atoms with Crippen LogP contribution in [0.15, 0.2) is 48.5 Å².